The van der Waals surface area contributed by atoms with E-state index in [0.29, 0.717) is 5.75 Å². The van der Waals surface area contributed by atoms with Gasteiger partial charge >= 0.3 is 0 Å². The van der Waals surface area contributed by atoms with Gasteiger partial charge in [0, 0.05) is 17.5 Å². The van der Waals surface area contributed by atoms with Crippen LogP contribution in [0.1, 0.15) is 68.2 Å². The molecule has 1 atom stereocenters. The minimum atomic E-state index is -0.0425. The van der Waals surface area contributed by atoms with E-state index in [0.717, 1.165) is 41.7 Å². The van der Waals surface area contributed by atoms with Gasteiger partial charge in [0.1, 0.15) is 17.1 Å². The average molecular weight is 291 g/mol. The molecule has 1 unspecified atom stereocenters. The SMILES string of the molecule is CONC1CC2(CCC2)Oc2c1cc(O)c(C(C)C)c2C. The molecule has 1 aromatic carbocycles. The first kappa shape index (κ1) is 14.7. The Labute approximate surface area is 126 Å². The van der Waals surface area contributed by atoms with Crippen molar-refractivity contribution in [2.75, 3.05) is 7.11 Å². The molecule has 1 heterocycles. The smallest absolute Gasteiger partial charge is 0.128 e. The summed E-state index contributed by atoms with van der Waals surface area (Å²) in [5.74, 6) is 1.57. The number of fused-ring (bicyclic) bond motifs is 1. The highest BCUT2D eigenvalue weighted by atomic mass is 16.6. The minimum Gasteiger partial charge on any atom is -0.508 e. The van der Waals surface area contributed by atoms with Gasteiger partial charge in [0.25, 0.3) is 0 Å². The lowest BCUT2D eigenvalue weighted by molar-refractivity contribution is -0.0604. The number of nitrogens with one attached hydrogen (secondary N) is 1. The molecule has 1 fully saturated rings. The molecule has 1 aliphatic heterocycles. The molecular formula is C17H25NO3. The number of hydrogen-bond donors (Lipinski definition) is 2. The van der Waals surface area contributed by atoms with E-state index in [9.17, 15) is 5.11 Å². The van der Waals surface area contributed by atoms with E-state index in [1.807, 2.05) is 6.07 Å². The molecule has 2 N–H and O–H groups in total. The largest absolute Gasteiger partial charge is 0.508 e. The first-order valence-corrected chi connectivity index (χ1v) is 7.81. The van der Waals surface area contributed by atoms with E-state index in [1.54, 1.807) is 7.11 Å². The van der Waals surface area contributed by atoms with Gasteiger partial charge in [-0.25, -0.2) is 0 Å². The van der Waals surface area contributed by atoms with Gasteiger partial charge in [0.05, 0.1) is 13.2 Å². The summed E-state index contributed by atoms with van der Waals surface area (Å²) in [6.45, 7) is 6.25. The maximum absolute atomic E-state index is 10.4. The first-order valence-electron chi connectivity index (χ1n) is 7.81. The van der Waals surface area contributed by atoms with Crippen molar-refractivity contribution in [1.29, 1.82) is 0 Å². The molecule has 4 heteroatoms. The Bertz CT molecular complexity index is 549. The summed E-state index contributed by atoms with van der Waals surface area (Å²) in [7, 11) is 1.64. The van der Waals surface area contributed by atoms with Crippen LogP contribution in [0.2, 0.25) is 0 Å². The molecular weight excluding hydrogens is 266 g/mol. The molecule has 0 aromatic heterocycles. The standard InChI is InChI=1S/C17H25NO3/c1-10(2)15-11(3)16-12(8-14(15)19)13(18-20-4)9-17(21-16)6-5-7-17/h8,10,13,18-19H,5-7,9H2,1-4H3. The predicted molar refractivity (Wildman–Crippen MR) is 81.6 cm³/mol. The van der Waals surface area contributed by atoms with Gasteiger partial charge in [0.2, 0.25) is 0 Å². The molecule has 2 aliphatic rings. The van der Waals surface area contributed by atoms with Crippen LogP contribution in [0.4, 0.5) is 0 Å². The highest BCUT2D eigenvalue weighted by molar-refractivity contribution is 5.56. The quantitative estimate of drug-likeness (QED) is 0.833. The van der Waals surface area contributed by atoms with Gasteiger partial charge in [-0.05, 0) is 43.7 Å². The van der Waals surface area contributed by atoms with E-state index in [-0.39, 0.29) is 17.6 Å². The molecule has 0 saturated heterocycles. The van der Waals surface area contributed by atoms with E-state index < -0.39 is 0 Å². The van der Waals surface area contributed by atoms with E-state index in [1.165, 1.54) is 6.42 Å². The zero-order valence-electron chi connectivity index (χ0n) is 13.3. The lowest BCUT2D eigenvalue weighted by Gasteiger charge is -2.48. The number of hydrogen-bond acceptors (Lipinski definition) is 4. The van der Waals surface area contributed by atoms with Gasteiger partial charge in [-0.15, -0.1) is 0 Å². The zero-order valence-corrected chi connectivity index (χ0v) is 13.3. The number of phenols is 1. The molecule has 3 rings (SSSR count). The second kappa shape index (κ2) is 5.18. The highest BCUT2D eigenvalue weighted by Crippen LogP contribution is 2.52. The van der Waals surface area contributed by atoms with Crippen LogP contribution in [0.5, 0.6) is 11.5 Å². The Morgan fingerprint density at radius 3 is 2.67 bits per heavy atom. The van der Waals surface area contributed by atoms with Crippen molar-refractivity contribution in [2.24, 2.45) is 0 Å². The average Bonchev–Trinajstić information content (AvgIpc) is 2.37. The number of hydroxylamine groups is 1. The normalized spacial score (nSPS) is 22.8. The van der Waals surface area contributed by atoms with Crippen molar-refractivity contribution in [3.8, 4) is 11.5 Å². The van der Waals surface area contributed by atoms with Gasteiger partial charge in [0.15, 0.2) is 0 Å². The molecule has 1 spiro atoms. The molecule has 116 valence electrons. The maximum atomic E-state index is 10.4. The summed E-state index contributed by atoms with van der Waals surface area (Å²) in [5.41, 5.74) is 6.09. The van der Waals surface area contributed by atoms with Gasteiger partial charge in [-0.3, -0.25) is 0 Å². The maximum Gasteiger partial charge on any atom is 0.128 e. The lowest BCUT2D eigenvalue weighted by Crippen LogP contribution is -2.49. The first-order chi connectivity index (χ1) is 9.97. The number of rotatable bonds is 3. The monoisotopic (exact) mass is 291 g/mol. The van der Waals surface area contributed by atoms with Crippen molar-refractivity contribution < 1.29 is 14.7 Å². The topological polar surface area (TPSA) is 50.7 Å². The number of benzene rings is 1. The van der Waals surface area contributed by atoms with Crippen molar-refractivity contribution in [1.82, 2.24) is 5.48 Å². The Morgan fingerprint density at radius 2 is 2.14 bits per heavy atom. The molecule has 0 radical (unpaired) electrons. The van der Waals surface area contributed by atoms with Crippen LogP contribution in [0, 0.1) is 6.92 Å². The number of ether oxygens (including phenoxy) is 1. The van der Waals surface area contributed by atoms with Crippen molar-refractivity contribution in [3.05, 3.63) is 22.8 Å². The molecule has 0 bridgehead atoms. The number of aromatic hydroxyl groups is 1. The molecule has 1 saturated carbocycles. The van der Waals surface area contributed by atoms with Crippen LogP contribution in [0.3, 0.4) is 0 Å². The molecule has 21 heavy (non-hydrogen) atoms. The fourth-order valence-electron chi connectivity index (χ4n) is 3.81. The summed E-state index contributed by atoms with van der Waals surface area (Å²) in [5, 5.41) is 10.4. The summed E-state index contributed by atoms with van der Waals surface area (Å²) in [6, 6.07) is 1.92. The lowest BCUT2D eigenvalue weighted by atomic mass is 9.72. The number of phenolic OH excluding ortho intramolecular Hbond substituents is 1. The molecule has 4 nitrogen and oxygen atoms in total. The Hall–Kier alpha value is -1.26. The summed E-state index contributed by atoms with van der Waals surface area (Å²) < 4.78 is 6.40. The van der Waals surface area contributed by atoms with Crippen molar-refractivity contribution >= 4 is 0 Å². The molecule has 1 aromatic rings. The Morgan fingerprint density at radius 1 is 1.43 bits per heavy atom. The van der Waals surface area contributed by atoms with Crippen LogP contribution in [-0.4, -0.2) is 17.8 Å². The third-order valence-electron chi connectivity index (χ3n) is 4.95. The van der Waals surface area contributed by atoms with E-state index in [4.69, 9.17) is 9.57 Å². The van der Waals surface area contributed by atoms with Gasteiger partial charge in [-0.1, -0.05) is 13.8 Å². The minimum absolute atomic E-state index is 0.0425. The molecule has 1 aliphatic carbocycles. The van der Waals surface area contributed by atoms with Gasteiger partial charge < -0.3 is 14.7 Å². The zero-order chi connectivity index (χ0) is 15.2. The fourth-order valence-corrected chi connectivity index (χ4v) is 3.81. The highest BCUT2D eigenvalue weighted by Gasteiger charge is 2.46. The third-order valence-corrected chi connectivity index (χ3v) is 4.95. The van der Waals surface area contributed by atoms with Crippen LogP contribution in [0.25, 0.3) is 0 Å². The summed E-state index contributed by atoms with van der Waals surface area (Å²) >= 11 is 0. The van der Waals surface area contributed by atoms with Crippen molar-refractivity contribution in [3.63, 3.8) is 0 Å². The Balaban J connectivity index is 2.10. The van der Waals surface area contributed by atoms with Gasteiger partial charge in [-0.2, -0.15) is 5.48 Å². The van der Waals surface area contributed by atoms with Crippen LogP contribution in [0.15, 0.2) is 6.07 Å². The third kappa shape index (κ3) is 2.30. The van der Waals surface area contributed by atoms with Crippen LogP contribution >= 0.6 is 0 Å². The molecule has 0 amide bonds. The second-order valence-corrected chi connectivity index (χ2v) is 6.72. The van der Waals surface area contributed by atoms with Crippen LogP contribution in [-0.2, 0) is 4.84 Å². The van der Waals surface area contributed by atoms with Crippen molar-refractivity contribution in [2.45, 2.75) is 64.0 Å². The predicted octanol–water partition coefficient (Wildman–Crippen LogP) is 3.72. The summed E-state index contributed by atoms with van der Waals surface area (Å²) in [6.07, 6.45) is 4.33. The Kier molecular flexibility index (Phi) is 3.62. The van der Waals surface area contributed by atoms with E-state index >= 15 is 0 Å². The second-order valence-electron chi connectivity index (χ2n) is 6.72. The van der Waals surface area contributed by atoms with E-state index in [2.05, 4.69) is 26.3 Å². The van der Waals surface area contributed by atoms with Crippen LogP contribution < -0.4 is 10.2 Å². The fraction of sp³-hybridized carbons (Fsp3) is 0.647. The summed E-state index contributed by atoms with van der Waals surface area (Å²) in [4.78, 5) is 5.17.